The molecule has 0 amide bonds. The highest BCUT2D eigenvalue weighted by Crippen LogP contribution is 2.13. The van der Waals surface area contributed by atoms with Crippen molar-refractivity contribution in [3.05, 3.63) is 35.9 Å². The fourth-order valence-corrected chi connectivity index (χ4v) is 3.42. The second-order valence-electron chi connectivity index (χ2n) is 5.73. The van der Waals surface area contributed by atoms with Crippen molar-refractivity contribution in [3.63, 3.8) is 0 Å². The van der Waals surface area contributed by atoms with E-state index in [9.17, 15) is 8.42 Å². The minimum Gasteiger partial charge on any atom is -0.313 e. The molecule has 21 heavy (non-hydrogen) atoms. The lowest BCUT2D eigenvalue weighted by Crippen LogP contribution is -2.43. The van der Waals surface area contributed by atoms with Crippen LogP contribution in [0, 0.1) is 0 Å². The Labute approximate surface area is 128 Å². The van der Waals surface area contributed by atoms with Crippen LogP contribution < -0.4 is 5.32 Å². The smallest absolute Gasteiger partial charge is 0.151 e. The molecule has 118 valence electrons. The summed E-state index contributed by atoms with van der Waals surface area (Å²) in [5.74, 6) is 0.498. The van der Waals surface area contributed by atoms with Crippen LogP contribution in [0.4, 0.5) is 0 Å². The highest BCUT2D eigenvalue weighted by atomic mass is 32.2. The first-order valence-electron chi connectivity index (χ1n) is 7.79. The molecule has 1 aliphatic heterocycles. The normalized spacial score (nSPS) is 18.0. The van der Waals surface area contributed by atoms with E-state index >= 15 is 0 Å². The van der Waals surface area contributed by atoms with E-state index in [2.05, 4.69) is 34.5 Å². The summed E-state index contributed by atoms with van der Waals surface area (Å²) < 4.78 is 22.9. The average Bonchev–Trinajstić information content (AvgIpc) is 2.50. The molecule has 0 aliphatic carbocycles. The van der Waals surface area contributed by atoms with Gasteiger partial charge in [0.2, 0.25) is 0 Å². The SMILES string of the molecule is CCS(=O)(=O)CCNC1CCN(Cc2ccccc2)CC1. The molecule has 2 rings (SSSR count). The molecule has 1 aromatic rings. The number of benzene rings is 1. The standard InChI is InChI=1S/C16H26N2O2S/c1-2-21(19,20)13-10-17-16-8-11-18(12-9-16)14-15-6-4-3-5-7-15/h3-7,16-17H,2,8-14H2,1H3. The van der Waals surface area contributed by atoms with E-state index in [1.807, 2.05) is 6.07 Å². The Balaban J connectivity index is 1.67. The van der Waals surface area contributed by atoms with E-state index in [0.29, 0.717) is 12.6 Å². The van der Waals surface area contributed by atoms with E-state index < -0.39 is 9.84 Å². The Hall–Kier alpha value is -0.910. The summed E-state index contributed by atoms with van der Waals surface area (Å²) in [5.41, 5.74) is 1.36. The fraction of sp³-hybridized carbons (Fsp3) is 0.625. The van der Waals surface area contributed by atoms with Gasteiger partial charge in [0.05, 0.1) is 5.75 Å². The quantitative estimate of drug-likeness (QED) is 0.832. The van der Waals surface area contributed by atoms with Gasteiger partial charge in [-0.2, -0.15) is 0 Å². The van der Waals surface area contributed by atoms with Gasteiger partial charge in [-0.1, -0.05) is 37.3 Å². The third-order valence-electron chi connectivity index (χ3n) is 4.12. The second-order valence-corrected chi connectivity index (χ2v) is 8.20. The molecule has 1 aliphatic rings. The van der Waals surface area contributed by atoms with Crippen LogP contribution in [0.15, 0.2) is 30.3 Å². The summed E-state index contributed by atoms with van der Waals surface area (Å²) >= 11 is 0. The second kappa shape index (κ2) is 7.92. The topological polar surface area (TPSA) is 49.4 Å². The molecule has 4 nitrogen and oxygen atoms in total. The number of sulfone groups is 1. The Bertz CT molecular complexity index is 508. The molecule has 0 unspecified atom stereocenters. The van der Waals surface area contributed by atoms with E-state index in [1.54, 1.807) is 6.92 Å². The molecule has 0 atom stereocenters. The van der Waals surface area contributed by atoms with Gasteiger partial charge in [-0.3, -0.25) is 4.90 Å². The molecule has 1 aromatic carbocycles. The fourth-order valence-electron chi connectivity index (χ4n) is 2.70. The lowest BCUT2D eigenvalue weighted by Gasteiger charge is -2.32. The van der Waals surface area contributed by atoms with Gasteiger partial charge in [-0.25, -0.2) is 8.42 Å². The average molecular weight is 310 g/mol. The third-order valence-corrected chi connectivity index (χ3v) is 5.83. The Morgan fingerprint density at radius 3 is 2.48 bits per heavy atom. The number of likely N-dealkylation sites (tertiary alicyclic amines) is 1. The first-order chi connectivity index (χ1) is 10.1. The molecule has 5 heteroatoms. The molecule has 1 saturated heterocycles. The van der Waals surface area contributed by atoms with Crippen molar-refractivity contribution in [2.45, 2.75) is 32.4 Å². The van der Waals surface area contributed by atoms with Gasteiger partial charge in [0, 0.05) is 24.9 Å². The van der Waals surface area contributed by atoms with Crippen LogP contribution in [0.1, 0.15) is 25.3 Å². The molecule has 0 aromatic heterocycles. The molecule has 0 bridgehead atoms. The van der Waals surface area contributed by atoms with Gasteiger partial charge in [0.1, 0.15) is 0 Å². The molecule has 0 saturated carbocycles. The summed E-state index contributed by atoms with van der Waals surface area (Å²) in [6.45, 7) is 5.45. The van der Waals surface area contributed by atoms with Crippen LogP contribution in [0.25, 0.3) is 0 Å². The van der Waals surface area contributed by atoms with E-state index in [-0.39, 0.29) is 11.5 Å². The molecular formula is C16H26N2O2S. The predicted octanol–water partition coefficient (Wildman–Crippen LogP) is 1.68. The van der Waals surface area contributed by atoms with Crippen molar-refractivity contribution in [1.29, 1.82) is 0 Å². The van der Waals surface area contributed by atoms with Crippen LogP contribution in [0.5, 0.6) is 0 Å². The summed E-state index contributed by atoms with van der Waals surface area (Å²) in [5, 5.41) is 3.39. The highest BCUT2D eigenvalue weighted by molar-refractivity contribution is 7.91. The molecule has 1 fully saturated rings. The number of piperidine rings is 1. The van der Waals surface area contributed by atoms with E-state index in [0.717, 1.165) is 32.5 Å². The third kappa shape index (κ3) is 5.77. The van der Waals surface area contributed by atoms with Gasteiger partial charge in [-0.05, 0) is 31.5 Å². The summed E-state index contributed by atoms with van der Waals surface area (Å²) in [7, 11) is -2.84. The van der Waals surface area contributed by atoms with Gasteiger partial charge in [0.25, 0.3) is 0 Å². The largest absolute Gasteiger partial charge is 0.313 e. The van der Waals surface area contributed by atoms with Gasteiger partial charge in [0.15, 0.2) is 9.84 Å². The monoisotopic (exact) mass is 310 g/mol. The minimum atomic E-state index is -2.84. The summed E-state index contributed by atoms with van der Waals surface area (Å²) in [6, 6.07) is 11.0. The van der Waals surface area contributed by atoms with Crippen molar-refractivity contribution >= 4 is 9.84 Å². The summed E-state index contributed by atoms with van der Waals surface area (Å²) in [4.78, 5) is 2.47. The first-order valence-corrected chi connectivity index (χ1v) is 9.61. The Kier molecular flexibility index (Phi) is 6.21. The van der Waals surface area contributed by atoms with Crippen molar-refractivity contribution in [1.82, 2.24) is 10.2 Å². The number of hydrogen-bond acceptors (Lipinski definition) is 4. The zero-order chi connectivity index (χ0) is 15.1. The lowest BCUT2D eigenvalue weighted by molar-refractivity contribution is 0.192. The molecule has 0 radical (unpaired) electrons. The maximum absolute atomic E-state index is 11.4. The number of nitrogens with one attached hydrogen (secondary N) is 1. The maximum atomic E-state index is 11.4. The van der Waals surface area contributed by atoms with Crippen molar-refractivity contribution in [2.24, 2.45) is 0 Å². The molecule has 0 spiro atoms. The Morgan fingerprint density at radius 1 is 1.19 bits per heavy atom. The summed E-state index contributed by atoms with van der Waals surface area (Å²) in [6.07, 6.45) is 2.19. The number of hydrogen-bond donors (Lipinski definition) is 1. The van der Waals surface area contributed by atoms with Crippen LogP contribution in [0.3, 0.4) is 0 Å². The minimum absolute atomic E-state index is 0.240. The van der Waals surface area contributed by atoms with Crippen molar-refractivity contribution in [2.75, 3.05) is 31.1 Å². The van der Waals surface area contributed by atoms with Crippen LogP contribution in [-0.2, 0) is 16.4 Å². The zero-order valence-corrected chi connectivity index (χ0v) is 13.6. The first kappa shape index (κ1) is 16.5. The van der Waals surface area contributed by atoms with E-state index in [1.165, 1.54) is 5.56 Å². The van der Waals surface area contributed by atoms with E-state index in [4.69, 9.17) is 0 Å². The zero-order valence-electron chi connectivity index (χ0n) is 12.8. The predicted molar refractivity (Wildman–Crippen MR) is 87.1 cm³/mol. The van der Waals surface area contributed by atoms with Crippen LogP contribution in [-0.4, -0.2) is 50.5 Å². The maximum Gasteiger partial charge on any atom is 0.151 e. The number of nitrogens with zero attached hydrogens (tertiary/aromatic N) is 1. The van der Waals surface area contributed by atoms with Crippen LogP contribution in [0.2, 0.25) is 0 Å². The molecule has 1 heterocycles. The number of rotatable bonds is 7. The molecule has 1 N–H and O–H groups in total. The Morgan fingerprint density at radius 2 is 1.86 bits per heavy atom. The van der Waals surface area contributed by atoms with Gasteiger partial charge < -0.3 is 5.32 Å². The van der Waals surface area contributed by atoms with Crippen molar-refractivity contribution < 1.29 is 8.42 Å². The van der Waals surface area contributed by atoms with Gasteiger partial charge >= 0.3 is 0 Å². The van der Waals surface area contributed by atoms with Gasteiger partial charge in [-0.15, -0.1) is 0 Å². The molecular weight excluding hydrogens is 284 g/mol. The van der Waals surface area contributed by atoms with Crippen LogP contribution >= 0.6 is 0 Å². The lowest BCUT2D eigenvalue weighted by atomic mass is 10.0. The van der Waals surface area contributed by atoms with Crippen molar-refractivity contribution in [3.8, 4) is 0 Å². The highest BCUT2D eigenvalue weighted by Gasteiger charge is 2.19.